The standard InChI is InChI=1S/C27H27NO4/c29-26(30)7-3-6-21-13-20-12-17-4-1-2-5-18(17)14-22(20)24-15-19-8-9-25-27(32-11-10-31-25)23(19)16-28(21)24/h8-9,12,14-16,21H,1-7,10-11,13H2/p+1. The van der Waals surface area contributed by atoms with Gasteiger partial charge < -0.3 is 14.6 Å². The van der Waals surface area contributed by atoms with Crippen molar-refractivity contribution in [2.45, 2.75) is 57.4 Å². The molecule has 32 heavy (non-hydrogen) atoms. The molecule has 5 heteroatoms. The molecule has 5 nitrogen and oxygen atoms in total. The van der Waals surface area contributed by atoms with Crippen LogP contribution in [-0.2, 0) is 24.1 Å². The van der Waals surface area contributed by atoms with E-state index < -0.39 is 5.97 Å². The topological polar surface area (TPSA) is 59.6 Å². The van der Waals surface area contributed by atoms with Gasteiger partial charge in [-0.3, -0.25) is 4.79 Å². The van der Waals surface area contributed by atoms with E-state index in [1.807, 2.05) is 6.07 Å². The highest BCUT2D eigenvalue weighted by molar-refractivity contribution is 5.91. The first-order valence-corrected chi connectivity index (χ1v) is 11.8. The van der Waals surface area contributed by atoms with E-state index in [1.54, 1.807) is 0 Å². The Balaban J connectivity index is 1.51. The van der Waals surface area contributed by atoms with Crippen LogP contribution in [0.5, 0.6) is 11.5 Å². The zero-order chi connectivity index (χ0) is 21.7. The summed E-state index contributed by atoms with van der Waals surface area (Å²) in [6.07, 6.45) is 9.77. The molecule has 0 saturated heterocycles. The van der Waals surface area contributed by atoms with Crippen LogP contribution >= 0.6 is 0 Å². The quantitative estimate of drug-likeness (QED) is 0.604. The number of hydrogen-bond acceptors (Lipinski definition) is 3. The first kappa shape index (κ1) is 19.6. The maximum Gasteiger partial charge on any atom is 0.303 e. The summed E-state index contributed by atoms with van der Waals surface area (Å²) in [7, 11) is 0. The van der Waals surface area contributed by atoms with Crippen molar-refractivity contribution in [3.63, 3.8) is 0 Å². The van der Waals surface area contributed by atoms with Crippen molar-refractivity contribution in [2.24, 2.45) is 0 Å². The van der Waals surface area contributed by atoms with E-state index >= 15 is 0 Å². The molecule has 1 atom stereocenters. The fourth-order valence-corrected chi connectivity index (χ4v) is 5.69. The molecule has 2 aliphatic heterocycles. The number of aromatic nitrogens is 1. The van der Waals surface area contributed by atoms with Crippen LogP contribution in [0, 0.1) is 0 Å². The van der Waals surface area contributed by atoms with E-state index in [9.17, 15) is 4.79 Å². The van der Waals surface area contributed by atoms with E-state index in [1.165, 1.54) is 47.2 Å². The third-order valence-electron chi connectivity index (χ3n) is 7.24. The number of carboxylic acids is 1. The lowest BCUT2D eigenvalue weighted by molar-refractivity contribution is -0.714. The third-order valence-corrected chi connectivity index (χ3v) is 7.24. The van der Waals surface area contributed by atoms with Crippen molar-refractivity contribution >= 4 is 16.7 Å². The number of rotatable bonds is 4. The Morgan fingerprint density at radius 3 is 2.69 bits per heavy atom. The van der Waals surface area contributed by atoms with Crippen LogP contribution in [0.2, 0.25) is 0 Å². The van der Waals surface area contributed by atoms with Crippen molar-refractivity contribution in [1.82, 2.24) is 0 Å². The third kappa shape index (κ3) is 3.31. The number of benzene rings is 2. The summed E-state index contributed by atoms with van der Waals surface area (Å²) in [6.45, 7) is 1.14. The van der Waals surface area contributed by atoms with Gasteiger partial charge in [0.2, 0.25) is 5.69 Å². The SMILES string of the molecule is O=C(O)CCCC1Cc2cc3c(cc2-c2cc4ccc5c(c4c[n+]21)OCCO5)CCCC3. The zero-order valence-corrected chi connectivity index (χ0v) is 18.2. The summed E-state index contributed by atoms with van der Waals surface area (Å²) >= 11 is 0. The summed E-state index contributed by atoms with van der Waals surface area (Å²) < 4.78 is 14.2. The van der Waals surface area contributed by atoms with Crippen LogP contribution < -0.4 is 14.0 Å². The molecule has 3 aromatic rings. The van der Waals surface area contributed by atoms with Gasteiger partial charge in [0.1, 0.15) is 13.2 Å². The molecule has 1 unspecified atom stereocenters. The first-order chi connectivity index (χ1) is 15.7. The molecule has 0 amide bonds. The smallest absolute Gasteiger partial charge is 0.303 e. The molecule has 0 saturated carbocycles. The maximum absolute atomic E-state index is 11.1. The Morgan fingerprint density at radius 1 is 1.03 bits per heavy atom. The molecule has 3 aliphatic rings. The van der Waals surface area contributed by atoms with E-state index in [0.29, 0.717) is 19.6 Å². The van der Waals surface area contributed by atoms with Crippen molar-refractivity contribution in [2.75, 3.05) is 13.2 Å². The predicted molar refractivity (Wildman–Crippen MR) is 121 cm³/mol. The molecule has 3 heterocycles. The lowest BCUT2D eigenvalue weighted by Crippen LogP contribution is -2.45. The van der Waals surface area contributed by atoms with Crippen molar-refractivity contribution in [3.8, 4) is 22.8 Å². The van der Waals surface area contributed by atoms with Gasteiger partial charge >= 0.3 is 5.97 Å². The summed E-state index contributed by atoms with van der Waals surface area (Å²) in [5.41, 5.74) is 6.96. The number of carbonyl (C=O) groups is 1. The average Bonchev–Trinajstić information content (AvgIpc) is 2.81. The van der Waals surface area contributed by atoms with E-state index in [2.05, 4.69) is 35.0 Å². The van der Waals surface area contributed by atoms with Gasteiger partial charge in [0.05, 0.1) is 5.39 Å². The highest BCUT2D eigenvalue weighted by Gasteiger charge is 2.34. The second-order valence-electron chi connectivity index (χ2n) is 9.29. The number of fused-ring (bicyclic) bond motifs is 7. The first-order valence-electron chi connectivity index (χ1n) is 11.8. The summed E-state index contributed by atoms with van der Waals surface area (Å²) in [5.74, 6) is 0.903. The van der Waals surface area contributed by atoms with Gasteiger partial charge in [0, 0.05) is 30.9 Å². The van der Waals surface area contributed by atoms with E-state index in [-0.39, 0.29) is 12.5 Å². The lowest BCUT2D eigenvalue weighted by Gasteiger charge is -2.26. The Hall–Kier alpha value is -3.08. The second-order valence-corrected chi connectivity index (χ2v) is 9.29. The molecule has 1 N–H and O–H groups in total. The Bertz CT molecular complexity index is 1230. The van der Waals surface area contributed by atoms with Gasteiger partial charge in [0.25, 0.3) is 0 Å². The van der Waals surface area contributed by atoms with Crippen LogP contribution in [0.4, 0.5) is 0 Å². The minimum absolute atomic E-state index is 0.212. The predicted octanol–water partition coefficient (Wildman–Crippen LogP) is 4.80. The Kier molecular flexibility index (Phi) is 4.78. The normalized spacial score (nSPS) is 18.6. The van der Waals surface area contributed by atoms with Crippen LogP contribution in [0.1, 0.15) is 54.8 Å². The Morgan fingerprint density at radius 2 is 1.84 bits per heavy atom. The minimum Gasteiger partial charge on any atom is -0.486 e. The molecule has 6 rings (SSSR count). The van der Waals surface area contributed by atoms with Crippen molar-refractivity contribution in [3.05, 3.63) is 53.2 Å². The summed E-state index contributed by atoms with van der Waals surface area (Å²) in [4.78, 5) is 11.1. The van der Waals surface area contributed by atoms with Gasteiger partial charge in [-0.1, -0.05) is 6.07 Å². The monoisotopic (exact) mass is 430 g/mol. The van der Waals surface area contributed by atoms with Crippen LogP contribution in [-0.4, -0.2) is 24.3 Å². The number of hydrogen-bond donors (Lipinski definition) is 1. The number of aryl methyl sites for hydroxylation is 2. The number of pyridine rings is 1. The molecule has 0 fully saturated rings. The summed E-state index contributed by atoms with van der Waals surface area (Å²) in [6, 6.07) is 11.5. The number of carboxylic acid groups (broad SMARTS) is 1. The molecular formula is C27H28NO4+. The maximum atomic E-state index is 11.1. The van der Waals surface area contributed by atoms with E-state index in [4.69, 9.17) is 14.6 Å². The molecule has 1 aliphatic carbocycles. The van der Waals surface area contributed by atoms with Gasteiger partial charge in [-0.25, -0.2) is 0 Å². The summed E-state index contributed by atoms with van der Waals surface area (Å²) in [5, 5.41) is 11.4. The van der Waals surface area contributed by atoms with Crippen LogP contribution in [0.15, 0.2) is 36.5 Å². The van der Waals surface area contributed by atoms with Crippen molar-refractivity contribution in [1.29, 1.82) is 0 Å². The highest BCUT2D eigenvalue weighted by atomic mass is 16.6. The fraction of sp³-hybridized carbons (Fsp3) is 0.407. The average molecular weight is 431 g/mol. The number of ether oxygens (including phenoxy) is 2. The molecule has 2 aromatic carbocycles. The van der Waals surface area contributed by atoms with Crippen LogP contribution in [0.25, 0.3) is 22.0 Å². The second kappa shape index (κ2) is 7.80. The molecule has 0 bridgehead atoms. The van der Waals surface area contributed by atoms with Gasteiger partial charge in [-0.05, 0) is 72.4 Å². The Labute approximate surface area is 187 Å². The molecule has 164 valence electrons. The van der Waals surface area contributed by atoms with E-state index in [0.717, 1.165) is 41.5 Å². The highest BCUT2D eigenvalue weighted by Crippen LogP contribution is 2.41. The van der Waals surface area contributed by atoms with Gasteiger partial charge in [-0.15, -0.1) is 0 Å². The minimum atomic E-state index is -0.723. The van der Waals surface area contributed by atoms with Crippen LogP contribution in [0.3, 0.4) is 0 Å². The largest absolute Gasteiger partial charge is 0.486 e. The fourth-order valence-electron chi connectivity index (χ4n) is 5.69. The number of aliphatic carboxylic acids is 1. The van der Waals surface area contributed by atoms with Gasteiger partial charge in [0.15, 0.2) is 23.7 Å². The van der Waals surface area contributed by atoms with Gasteiger partial charge in [-0.2, -0.15) is 4.57 Å². The van der Waals surface area contributed by atoms with Crippen molar-refractivity contribution < 1.29 is 23.9 Å². The lowest BCUT2D eigenvalue weighted by atomic mass is 9.83. The molecular weight excluding hydrogens is 402 g/mol. The molecule has 0 spiro atoms. The molecule has 0 radical (unpaired) electrons. The zero-order valence-electron chi connectivity index (χ0n) is 18.2. The molecule has 1 aromatic heterocycles. The number of nitrogens with zero attached hydrogens (tertiary/aromatic N) is 1.